The lowest BCUT2D eigenvalue weighted by Gasteiger charge is -2.17. The molecule has 0 saturated carbocycles. The quantitative estimate of drug-likeness (QED) is 0.727. The van der Waals surface area contributed by atoms with E-state index in [9.17, 15) is 19.5 Å². The van der Waals surface area contributed by atoms with E-state index in [-0.39, 0.29) is 17.8 Å². The van der Waals surface area contributed by atoms with Crippen molar-refractivity contribution in [3.8, 4) is 5.88 Å². The first-order chi connectivity index (χ1) is 11.0. The van der Waals surface area contributed by atoms with Gasteiger partial charge in [-0.05, 0) is 12.0 Å². The van der Waals surface area contributed by atoms with E-state index in [4.69, 9.17) is 0 Å². The molecular formula is C17H20N2O4. The van der Waals surface area contributed by atoms with E-state index in [1.165, 1.54) is 0 Å². The average Bonchev–Trinajstić information content (AvgIpc) is 2.52. The van der Waals surface area contributed by atoms with E-state index in [1.807, 2.05) is 13.0 Å². The zero-order chi connectivity index (χ0) is 16.8. The number of aromatic amines is 2. The van der Waals surface area contributed by atoms with Crippen molar-refractivity contribution in [1.29, 1.82) is 0 Å². The number of Topliss-reactive ketones (excluding diaryl/α,β-unsaturated/α-hetero) is 1. The van der Waals surface area contributed by atoms with Crippen molar-refractivity contribution < 1.29 is 9.90 Å². The standard InChI is InChI=1S/C17H20N2O4/c1-2-3-9-12(20)10-13(11-7-5-4-6-8-11)14-15(21)18-17(23)19-16(14)22/h4-8,13H,2-3,9-10H2,1H3,(H3,18,19,21,22,23)/t13-/m1/s1. The molecule has 3 N–H and O–H groups in total. The topological polar surface area (TPSA) is 103 Å². The van der Waals surface area contributed by atoms with Crippen LogP contribution in [0.3, 0.4) is 0 Å². The SMILES string of the molecule is CCCCC(=O)C[C@H](c1ccccc1)c1c(O)[nH]c(=O)[nH]c1=O. The van der Waals surface area contributed by atoms with Crippen molar-refractivity contribution >= 4 is 5.78 Å². The van der Waals surface area contributed by atoms with Crippen LogP contribution in [-0.2, 0) is 4.79 Å². The van der Waals surface area contributed by atoms with Gasteiger partial charge >= 0.3 is 5.69 Å². The van der Waals surface area contributed by atoms with E-state index >= 15 is 0 Å². The van der Waals surface area contributed by atoms with Crippen LogP contribution in [-0.4, -0.2) is 20.9 Å². The van der Waals surface area contributed by atoms with Gasteiger partial charge in [0, 0.05) is 18.8 Å². The molecule has 2 rings (SSSR count). The third kappa shape index (κ3) is 4.18. The maximum Gasteiger partial charge on any atom is 0.328 e. The highest BCUT2D eigenvalue weighted by Gasteiger charge is 2.24. The number of hydrogen-bond donors (Lipinski definition) is 3. The van der Waals surface area contributed by atoms with Crippen molar-refractivity contribution in [1.82, 2.24) is 9.97 Å². The molecule has 122 valence electrons. The molecule has 0 radical (unpaired) electrons. The monoisotopic (exact) mass is 316 g/mol. The Morgan fingerprint density at radius 1 is 1.17 bits per heavy atom. The van der Waals surface area contributed by atoms with E-state index < -0.39 is 23.0 Å². The molecule has 6 heteroatoms. The molecule has 0 saturated heterocycles. The zero-order valence-electron chi connectivity index (χ0n) is 13.0. The van der Waals surface area contributed by atoms with Gasteiger partial charge in [0.2, 0.25) is 5.88 Å². The number of ketones is 1. The van der Waals surface area contributed by atoms with Crippen LogP contribution in [0.25, 0.3) is 0 Å². The van der Waals surface area contributed by atoms with Crippen LogP contribution in [0.4, 0.5) is 0 Å². The van der Waals surface area contributed by atoms with Gasteiger partial charge in [-0.15, -0.1) is 0 Å². The summed E-state index contributed by atoms with van der Waals surface area (Å²) in [6, 6.07) is 9.02. The second-order valence-corrected chi connectivity index (χ2v) is 5.48. The van der Waals surface area contributed by atoms with Gasteiger partial charge < -0.3 is 5.11 Å². The van der Waals surface area contributed by atoms with Gasteiger partial charge in [0.15, 0.2) is 0 Å². The summed E-state index contributed by atoms with van der Waals surface area (Å²) in [5.41, 5.74) is -0.699. The van der Waals surface area contributed by atoms with Gasteiger partial charge in [0.05, 0.1) is 5.56 Å². The van der Waals surface area contributed by atoms with Crippen molar-refractivity contribution in [2.75, 3.05) is 0 Å². The average molecular weight is 316 g/mol. The fraction of sp³-hybridized carbons (Fsp3) is 0.353. The van der Waals surface area contributed by atoms with Gasteiger partial charge in [-0.1, -0.05) is 43.7 Å². The largest absolute Gasteiger partial charge is 0.494 e. The van der Waals surface area contributed by atoms with Crippen LogP contribution < -0.4 is 11.2 Å². The molecule has 1 aromatic heterocycles. The molecule has 1 heterocycles. The highest BCUT2D eigenvalue weighted by atomic mass is 16.3. The lowest BCUT2D eigenvalue weighted by molar-refractivity contribution is -0.119. The number of aromatic nitrogens is 2. The Bertz CT molecular complexity index is 777. The number of unbranched alkanes of at least 4 members (excludes halogenated alkanes) is 1. The van der Waals surface area contributed by atoms with E-state index in [0.29, 0.717) is 6.42 Å². The summed E-state index contributed by atoms with van der Waals surface area (Å²) in [6.45, 7) is 2.00. The minimum absolute atomic E-state index is 0.0145. The number of aromatic hydroxyl groups is 1. The molecule has 1 atom stereocenters. The summed E-state index contributed by atoms with van der Waals surface area (Å²) in [6.07, 6.45) is 2.23. The maximum atomic E-state index is 12.2. The lowest BCUT2D eigenvalue weighted by atomic mass is 9.87. The number of rotatable bonds is 7. The normalized spacial score (nSPS) is 12.0. The molecule has 2 aromatic rings. The highest BCUT2D eigenvalue weighted by Crippen LogP contribution is 2.30. The third-order valence-electron chi connectivity index (χ3n) is 3.75. The third-order valence-corrected chi connectivity index (χ3v) is 3.75. The molecule has 6 nitrogen and oxygen atoms in total. The Kier molecular flexibility index (Phi) is 5.51. The molecule has 0 bridgehead atoms. The molecule has 0 fully saturated rings. The van der Waals surface area contributed by atoms with Crippen LogP contribution >= 0.6 is 0 Å². The van der Waals surface area contributed by atoms with Gasteiger partial charge in [0.1, 0.15) is 5.78 Å². The number of carbonyl (C=O) groups is 1. The summed E-state index contributed by atoms with van der Waals surface area (Å²) >= 11 is 0. The molecule has 0 unspecified atom stereocenters. The molecule has 23 heavy (non-hydrogen) atoms. The Hall–Kier alpha value is -2.63. The van der Waals surface area contributed by atoms with Crippen LogP contribution in [0.15, 0.2) is 39.9 Å². The van der Waals surface area contributed by atoms with Gasteiger partial charge in [0.25, 0.3) is 5.56 Å². The number of H-pyrrole nitrogens is 2. The van der Waals surface area contributed by atoms with Gasteiger partial charge in [-0.3, -0.25) is 19.6 Å². The van der Waals surface area contributed by atoms with E-state index in [0.717, 1.165) is 18.4 Å². The Labute approximate surface area is 133 Å². The van der Waals surface area contributed by atoms with Crippen LogP contribution in [0, 0.1) is 0 Å². The summed E-state index contributed by atoms with van der Waals surface area (Å²) in [5, 5.41) is 10.0. The number of nitrogens with one attached hydrogen (secondary N) is 2. The number of carbonyl (C=O) groups excluding carboxylic acids is 1. The van der Waals surface area contributed by atoms with Crippen molar-refractivity contribution in [3.05, 3.63) is 62.3 Å². The molecule has 1 aromatic carbocycles. The van der Waals surface area contributed by atoms with Crippen molar-refractivity contribution in [3.63, 3.8) is 0 Å². The zero-order valence-corrected chi connectivity index (χ0v) is 13.0. The smallest absolute Gasteiger partial charge is 0.328 e. The van der Waals surface area contributed by atoms with E-state index in [1.54, 1.807) is 24.3 Å². The minimum atomic E-state index is -0.777. The first-order valence-electron chi connectivity index (χ1n) is 7.65. The fourth-order valence-corrected chi connectivity index (χ4v) is 2.58. The van der Waals surface area contributed by atoms with Crippen LogP contribution in [0.2, 0.25) is 0 Å². The molecule has 0 spiro atoms. The summed E-state index contributed by atoms with van der Waals surface area (Å²) in [7, 11) is 0. The second kappa shape index (κ2) is 7.58. The fourth-order valence-electron chi connectivity index (χ4n) is 2.58. The number of benzene rings is 1. The van der Waals surface area contributed by atoms with Gasteiger partial charge in [-0.25, -0.2) is 4.79 Å². The van der Waals surface area contributed by atoms with Crippen LogP contribution in [0.5, 0.6) is 5.88 Å². The highest BCUT2D eigenvalue weighted by molar-refractivity contribution is 5.80. The molecule has 0 aliphatic carbocycles. The maximum absolute atomic E-state index is 12.2. The second-order valence-electron chi connectivity index (χ2n) is 5.48. The Morgan fingerprint density at radius 2 is 1.87 bits per heavy atom. The molecule has 0 aliphatic rings. The summed E-state index contributed by atoms with van der Waals surface area (Å²) < 4.78 is 0. The number of hydrogen-bond acceptors (Lipinski definition) is 4. The first kappa shape index (κ1) is 16.7. The van der Waals surface area contributed by atoms with Crippen molar-refractivity contribution in [2.24, 2.45) is 0 Å². The lowest BCUT2D eigenvalue weighted by Crippen LogP contribution is -2.28. The van der Waals surface area contributed by atoms with Gasteiger partial charge in [-0.2, -0.15) is 0 Å². The Morgan fingerprint density at radius 3 is 2.48 bits per heavy atom. The Balaban J connectivity index is 2.45. The molecule has 0 aliphatic heterocycles. The minimum Gasteiger partial charge on any atom is -0.494 e. The summed E-state index contributed by atoms with van der Waals surface area (Å²) in [5.74, 6) is -1.07. The predicted molar refractivity (Wildman–Crippen MR) is 86.8 cm³/mol. The molecular weight excluding hydrogens is 296 g/mol. The predicted octanol–water partition coefficient (Wildman–Crippen LogP) is 2.05. The van der Waals surface area contributed by atoms with E-state index in [2.05, 4.69) is 9.97 Å². The first-order valence-corrected chi connectivity index (χ1v) is 7.65. The summed E-state index contributed by atoms with van der Waals surface area (Å²) in [4.78, 5) is 39.8. The van der Waals surface area contributed by atoms with Crippen LogP contribution in [0.1, 0.15) is 49.7 Å². The van der Waals surface area contributed by atoms with Crippen molar-refractivity contribution in [2.45, 2.75) is 38.5 Å². The molecule has 0 amide bonds.